The van der Waals surface area contributed by atoms with Crippen LogP contribution in [0.15, 0.2) is 66.7 Å². The summed E-state index contributed by atoms with van der Waals surface area (Å²) < 4.78 is 12.5. The van der Waals surface area contributed by atoms with Crippen molar-refractivity contribution >= 4 is 22.6 Å². The SMILES string of the molecule is CCCCCc1ccc(-c2ccc(-c3cc(OCCC[Si](C)(C)O[Si](C)(C)C)ccc3C(=O)O)cc2)cc1. The minimum absolute atomic E-state index is 0.276. The van der Waals surface area contributed by atoms with Crippen LogP contribution in [0.3, 0.4) is 0 Å². The number of hydrogen-bond donors (Lipinski definition) is 1. The first-order valence-electron chi connectivity index (χ1n) is 13.9. The number of rotatable bonds is 14. The van der Waals surface area contributed by atoms with Gasteiger partial charge < -0.3 is 14.0 Å². The van der Waals surface area contributed by atoms with Crippen LogP contribution in [-0.4, -0.2) is 34.3 Å². The van der Waals surface area contributed by atoms with Gasteiger partial charge in [-0.05, 0) is 104 Å². The average molecular weight is 549 g/mol. The fraction of sp³-hybridized carbons (Fsp3) is 0.406. The monoisotopic (exact) mass is 548 g/mol. The van der Waals surface area contributed by atoms with Crippen molar-refractivity contribution in [1.82, 2.24) is 0 Å². The van der Waals surface area contributed by atoms with Crippen LogP contribution in [0.25, 0.3) is 22.3 Å². The Morgan fingerprint density at radius 2 is 1.39 bits per heavy atom. The Kier molecular flexibility index (Phi) is 10.5. The molecule has 0 atom stereocenters. The van der Waals surface area contributed by atoms with Crippen LogP contribution in [0.2, 0.25) is 38.8 Å². The highest BCUT2D eigenvalue weighted by molar-refractivity contribution is 6.84. The molecule has 3 aromatic carbocycles. The van der Waals surface area contributed by atoms with E-state index in [0.29, 0.717) is 17.9 Å². The summed E-state index contributed by atoms with van der Waals surface area (Å²) in [6.45, 7) is 14.1. The van der Waals surface area contributed by atoms with Gasteiger partial charge in [-0.1, -0.05) is 68.3 Å². The zero-order valence-corrected chi connectivity index (χ0v) is 26.0. The Balaban J connectivity index is 1.69. The molecular weight excluding hydrogens is 505 g/mol. The summed E-state index contributed by atoms with van der Waals surface area (Å²) in [7, 11) is -3.25. The van der Waals surface area contributed by atoms with Crippen molar-refractivity contribution < 1.29 is 18.8 Å². The third kappa shape index (κ3) is 9.26. The maximum absolute atomic E-state index is 12.0. The molecule has 0 unspecified atom stereocenters. The molecule has 0 aromatic heterocycles. The second kappa shape index (κ2) is 13.4. The Morgan fingerprint density at radius 1 is 0.789 bits per heavy atom. The van der Waals surface area contributed by atoms with E-state index in [-0.39, 0.29) is 5.56 Å². The number of benzene rings is 3. The molecule has 0 saturated heterocycles. The van der Waals surface area contributed by atoms with Crippen LogP contribution in [0, 0.1) is 0 Å². The van der Waals surface area contributed by atoms with E-state index < -0.39 is 22.6 Å². The van der Waals surface area contributed by atoms with E-state index in [1.165, 1.54) is 24.8 Å². The normalized spacial score (nSPS) is 11.9. The third-order valence-corrected chi connectivity index (χ3v) is 12.8. The van der Waals surface area contributed by atoms with Crippen LogP contribution < -0.4 is 4.74 Å². The van der Waals surface area contributed by atoms with Gasteiger partial charge in [0.1, 0.15) is 5.75 Å². The molecule has 1 N–H and O–H groups in total. The topological polar surface area (TPSA) is 55.8 Å². The second-order valence-electron chi connectivity index (χ2n) is 11.7. The third-order valence-electron chi connectivity index (χ3n) is 6.55. The summed E-state index contributed by atoms with van der Waals surface area (Å²) in [5.41, 5.74) is 5.46. The van der Waals surface area contributed by atoms with Crippen molar-refractivity contribution in [1.29, 1.82) is 0 Å². The molecule has 0 radical (unpaired) electrons. The molecule has 0 fully saturated rings. The minimum atomic E-state index is -1.70. The zero-order valence-electron chi connectivity index (χ0n) is 24.0. The second-order valence-corrected chi connectivity index (χ2v) is 20.7. The van der Waals surface area contributed by atoms with Gasteiger partial charge in [-0.25, -0.2) is 4.79 Å². The predicted octanol–water partition coefficient (Wildman–Crippen LogP) is 9.28. The lowest BCUT2D eigenvalue weighted by molar-refractivity contribution is 0.0697. The van der Waals surface area contributed by atoms with Gasteiger partial charge in [0.15, 0.2) is 16.6 Å². The first-order chi connectivity index (χ1) is 18.0. The molecule has 0 heterocycles. The molecule has 3 rings (SSSR count). The molecule has 4 nitrogen and oxygen atoms in total. The van der Waals surface area contributed by atoms with Crippen molar-refractivity contribution in [3.05, 3.63) is 77.9 Å². The molecule has 6 heteroatoms. The molecule has 0 spiro atoms. The molecular formula is C32H44O4Si2. The van der Waals surface area contributed by atoms with Gasteiger partial charge in [0.05, 0.1) is 12.2 Å². The number of aromatic carboxylic acids is 1. The predicted molar refractivity (Wildman–Crippen MR) is 164 cm³/mol. The Bertz CT molecular complexity index is 1180. The van der Waals surface area contributed by atoms with Crippen LogP contribution in [-0.2, 0) is 10.5 Å². The minimum Gasteiger partial charge on any atom is -0.494 e. The van der Waals surface area contributed by atoms with Gasteiger partial charge >= 0.3 is 5.97 Å². The van der Waals surface area contributed by atoms with Crippen molar-refractivity contribution in [3.8, 4) is 28.0 Å². The van der Waals surface area contributed by atoms with E-state index >= 15 is 0 Å². The lowest BCUT2D eigenvalue weighted by Crippen LogP contribution is -2.42. The van der Waals surface area contributed by atoms with Crippen molar-refractivity contribution in [2.45, 2.75) is 77.8 Å². The summed E-state index contributed by atoms with van der Waals surface area (Å²) >= 11 is 0. The van der Waals surface area contributed by atoms with Crippen molar-refractivity contribution in [2.75, 3.05) is 6.61 Å². The average Bonchev–Trinajstić information content (AvgIpc) is 2.86. The summed E-state index contributed by atoms with van der Waals surface area (Å²) in [6, 6.07) is 23.2. The van der Waals surface area contributed by atoms with E-state index in [1.54, 1.807) is 12.1 Å². The lowest BCUT2D eigenvalue weighted by atomic mass is 9.96. The lowest BCUT2D eigenvalue weighted by Gasteiger charge is -2.31. The zero-order chi connectivity index (χ0) is 27.8. The Morgan fingerprint density at radius 3 is 1.97 bits per heavy atom. The fourth-order valence-corrected chi connectivity index (χ4v) is 12.9. The van der Waals surface area contributed by atoms with Crippen molar-refractivity contribution in [3.63, 3.8) is 0 Å². The first-order valence-corrected chi connectivity index (χ1v) is 20.4. The van der Waals surface area contributed by atoms with Gasteiger partial charge in [0, 0.05) is 0 Å². The van der Waals surface area contributed by atoms with E-state index in [2.05, 4.69) is 76.1 Å². The Hall–Kier alpha value is -2.68. The smallest absolute Gasteiger partial charge is 0.336 e. The van der Waals surface area contributed by atoms with Gasteiger partial charge in [-0.3, -0.25) is 0 Å². The van der Waals surface area contributed by atoms with Gasteiger partial charge in [-0.15, -0.1) is 0 Å². The number of carbonyl (C=O) groups is 1. The van der Waals surface area contributed by atoms with Crippen LogP contribution in [0.4, 0.5) is 0 Å². The summed E-state index contributed by atoms with van der Waals surface area (Å²) in [5.74, 6) is -0.246. The largest absolute Gasteiger partial charge is 0.494 e. The molecule has 3 aromatic rings. The summed E-state index contributed by atoms with van der Waals surface area (Å²) in [4.78, 5) is 12.0. The fourth-order valence-electron chi connectivity index (χ4n) is 4.89. The van der Waals surface area contributed by atoms with E-state index in [4.69, 9.17) is 8.85 Å². The standard InChI is InChI=1S/C32H44O4Si2/c1-7-8-9-11-25-12-14-26(15-13-25)27-16-18-28(19-17-27)31-24-29(20-21-30(31)32(33)34)35-22-10-23-38(5,6)36-37(2,3)4/h12-21,24H,7-11,22-23H2,1-6H3,(H,33,34). The number of carboxylic acid groups (broad SMARTS) is 1. The van der Waals surface area contributed by atoms with Crippen LogP contribution >= 0.6 is 0 Å². The molecule has 0 saturated carbocycles. The van der Waals surface area contributed by atoms with Crippen molar-refractivity contribution in [2.24, 2.45) is 0 Å². The maximum Gasteiger partial charge on any atom is 0.336 e. The first kappa shape index (κ1) is 29.9. The van der Waals surface area contributed by atoms with Gasteiger partial charge in [-0.2, -0.15) is 0 Å². The van der Waals surface area contributed by atoms with Gasteiger partial charge in [0.2, 0.25) is 0 Å². The van der Waals surface area contributed by atoms with Gasteiger partial charge in [0.25, 0.3) is 0 Å². The van der Waals surface area contributed by atoms with Crippen LogP contribution in [0.5, 0.6) is 5.75 Å². The number of carboxylic acids is 1. The summed E-state index contributed by atoms with van der Waals surface area (Å²) in [6.07, 6.45) is 5.77. The number of unbranched alkanes of at least 4 members (excludes halogenated alkanes) is 2. The van der Waals surface area contributed by atoms with E-state index in [9.17, 15) is 9.90 Å². The van der Waals surface area contributed by atoms with E-state index in [0.717, 1.165) is 35.6 Å². The molecule has 38 heavy (non-hydrogen) atoms. The van der Waals surface area contributed by atoms with Crippen LogP contribution in [0.1, 0.15) is 48.5 Å². The molecule has 204 valence electrons. The molecule has 0 bridgehead atoms. The quantitative estimate of drug-likeness (QED) is 0.161. The number of aryl methyl sites for hydroxylation is 1. The number of hydrogen-bond acceptors (Lipinski definition) is 3. The molecule has 0 amide bonds. The maximum atomic E-state index is 12.0. The van der Waals surface area contributed by atoms with E-state index in [1.807, 2.05) is 18.2 Å². The highest BCUT2D eigenvalue weighted by Gasteiger charge is 2.29. The Labute approximate surface area is 231 Å². The highest BCUT2D eigenvalue weighted by atomic mass is 28.4. The molecule has 0 aliphatic carbocycles. The molecule has 0 aliphatic heterocycles. The molecule has 0 aliphatic rings. The highest BCUT2D eigenvalue weighted by Crippen LogP contribution is 2.31. The number of ether oxygens (including phenoxy) is 1. The summed E-state index contributed by atoms with van der Waals surface area (Å²) in [5, 5.41) is 9.80.